The van der Waals surface area contributed by atoms with Crippen LogP contribution in [-0.2, 0) is 6.42 Å². The number of nitrogens with zero attached hydrogens (tertiary/aromatic N) is 3. The molecular formula is C17H14BrN3O. The molecule has 1 aromatic heterocycles. The van der Waals surface area contributed by atoms with E-state index in [-0.39, 0.29) is 5.56 Å². The first kappa shape index (κ1) is 14.7. The SMILES string of the molecule is CCc1nc2ccc(Br)cc2c(=O)n1N=Cc1ccccc1. The van der Waals surface area contributed by atoms with Gasteiger partial charge in [0.2, 0.25) is 0 Å². The van der Waals surface area contributed by atoms with Gasteiger partial charge in [0.25, 0.3) is 5.56 Å². The normalized spacial score (nSPS) is 11.4. The summed E-state index contributed by atoms with van der Waals surface area (Å²) in [6, 6.07) is 15.2. The third-order valence-corrected chi connectivity index (χ3v) is 3.81. The lowest BCUT2D eigenvalue weighted by Gasteiger charge is -2.07. The number of aromatic nitrogens is 2. The van der Waals surface area contributed by atoms with Crippen molar-refractivity contribution in [2.45, 2.75) is 13.3 Å². The van der Waals surface area contributed by atoms with Gasteiger partial charge in [-0.3, -0.25) is 4.79 Å². The van der Waals surface area contributed by atoms with Gasteiger partial charge in [-0.15, -0.1) is 0 Å². The monoisotopic (exact) mass is 355 g/mol. The van der Waals surface area contributed by atoms with E-state index in [1.165, 1.54) is 4.68 Å². The van der Waals surface area contributed by atoms with E-state index >= 15 is 0 Å². The predicted molar refractivity (Wildman–Crippen MR) is 92.5 cm³/mol. The number of fused-ring (bicyclic) bond motifs is 1. The third-order valence-electron chi connectivity index (χ3n) is 3.31. The molecular weight excluding hydrogens is 342 g/mol. The van der Waals surface area contributed by atoms with Crippen LogP contribution in [0.5, 0.6) is 0 Å². The molecule has 0 radical (unpaired) electrons. The first-order valence-electron chi connectivity index (χ1n) is 6.99. The average Bonchev–Trinajstić information content (AvgIpc) is 2.55. The van der Waals surface area contributed by atoms with Crippen LogP contribution in [0.2, 0.25) is 0 Å². The second-order valence-corrected chi connectivity index (χ2v) is 5.73. The van der Waals surface area contributed by atoms with E-state index in [0.717, 1.165) is 10.0 Å². The molecule has 3 rings (SSSR count). The maximum Gasteiger partial charge on any atom is 0.282 e. The number of benzene rings is 2. The lowest BCUT2D eigenvalue weighted by molar-refractivity contribution is 0.734. The maximum absolute atomic E-state index is 12.7. The van der Waals surface area contributed by atoms with Gasteiger partial charge in [-0.1, -0.05) is 53.2 Å². The van der Waals surface area contributed by atoms with Crippen LogP contribution in [0.4, 0.5) is 0 Å². The Morgan fingerprint density at radius 1 is 1.23 bits per heavy atom. The van der Waals surface area contributed by atoms with Gasteiger partial charge in [0, 0.05) is 10.9 Å². The molecule has 110 valence electrons. The van der Waals surface area contributed by atoms with E-state index in [9.17, 15) is 4.79 Å². The second kappa shape index (κ2) is 6.23. The van der Waals surface area contributed by atoms with Crippen LogP contribution in [0.1, 0.15) is 18.3 Å². The summed E-state index contributed by atoms with van der Waals surface area (Å²) in [7, 11) is 0. The Morgan fingerprint density at radius 2 is 2.00 bits per heavy atom. The maximum atomic E-state index is 12.7. The van der Waals surface area contributed by atoms with Crippen molar-refractivity contribution in [2.75, 3.05) is 0 Å². The molecule has 2 aromatic carbocycles. The fourth-order valence-corrected chi connectivity index (χ4v) is 2.57. The summed E-state index contributed by atoms with van der Waals surface area (Å²) in [5.74, 6) is 0.645. The Morgan fingerprint density at radius 3 is 2.73 bits per heavy atom. The van der Waals surface area contributed by atoms with E-state index in [0.29, 0.717) is 23.1 Å². The zero-order valence-electron chi connectivity index (χ0n) is 12.0. The minimum absolute atomic E-state index is 0.157. The highest BCUT2D eigenvalue weighted by atomic mass is 79.9. The van der Waals surface area contributed by atoms with Crippen molar-refractivity contribution in [2.24, 2.45) is 5.10 Å². The fraction of sp³-hybridized carbons (Fsp3) is 0.118. The van der Waals surface area contributed by atoms with E-state index in [1.54, 1.807) is 12.3 Å². The lowest BCUT2D eigenvalue weighted by atomic mass is 10.2. The van der Waals surface area contributed by atoms with Crippen molar-refractivity contribution in [1.29, 1.82) is 0 Å². The van der Waals surface area contributed by atoms with Crippen LogP contribution in [-0.4, -0.2) is 15.9 Å². The Balaban J connectivity index is 2.17. The molecule has 0 unspecified atom stereocenters. The van der Waals surface area contributed by atoms with Crippen molar-refractivity contribution in [3.8, 4) is 0 Å². The van der Waals surface area contributed by atoms with E-state index in [2.05, 4.69) is 26.0 Å². The van der Waals surface area contributed by atoms with Gasteiger partial charge in [0.1, 0.15) is 5.82 Å². The first-order chi connectivity index (χ1) is 10.7. The van der Waals surface area contributed by atoms with Crippen molar-refractivity contribution >= 4 is 33.0 Å². The fourth-order valence-electron chi connectivity index (χ4n) is 2.21. The largest absolute Gasteiger partial charge is 0.282 e. The van der Waals surface area contributed by atoms with Gasteiger partial charge in [0.15, 0.2) is 0 Å². The van der Waals surface area contributed by atoms with Gasteiger partial charge in [-0.25, -0.2) is 4.98 Å². The molecule has 0 aliphatic heterocycles. The van der Waals surface area contributed by atoms with E-state index in [4.69, 9.17) is 0 Å². The highest BCUT2D eigenvalue weighted by molar-refractivity contribution is 9.10. The van der Waals surface area contributed by atoms with Gasteiger partial charge in [0.05, 0.1) is 17.1 Å². The highest BCUT2D eigenvalue weighted by Gasteiger charge is 2.09. The second-order valence-electron chi connectivity index (χ2n) is 4.82. The lowest BCUT2D eigenvalue weighted by Crippen LogP contribution is -2.22. The Hall–Kier alpha value is -2.27. The third kappa shape index (κ3) is 2.85. The van der Waals surface area contributed by atoms with Crippen LogP contribution < -0.4 is 5.56 Å². The van der Waals surface area contributed by atoms with Crippen LogP contribution in [0, 0.1) is 0 Å². The first-order valence-corrected chi connectivity index (χ1v) is 7.79. The van der Waals surface area contributed by atoms with E-state index in [1.807, 2.05) is 49.4 Å². The number of hydrogen-bond acceptors (Lipinski definition) is 3. The summed E-state index contributed by atoms with van der Waals surface area (Å²) in [5.41, 5.74) is 1.47. The summed E-state index contributed by atoms with van der Waals surface area (Å²) < 4.78 is 2.23. The van der Waals surface area contributed by atoms with Gasteiger partial charge in [-0.2, -0.15) is 9.78 Å². The predicted octanol–water partition coefficient (Wildman–Crippen LogP) is 3.60. The standard InChI is InChI=1S/C17H14BrN3O/c1-2-16-20-15-9-8-13(18)10-14(15)17(22)21(16)19-11-12-6-4-3-5-7-12/h3-11H,2H2,1H3. The molecule has 0 fully saturated rings. The quantitative estimate of drug-likeness (QED) is 0.673. The van der Waals surface area contributed by atoms with Crippen molar-refractivity contribution in [3.63, 3.8) is 0 Å². The number of rotatable bonds is 3. The molecule has 0 atom stereocenters. The summed E-state index contributed by atoms with van der Waals surface area (Å²) in [4.78, 5) is 17.2. The van der Waals surface area contributed by atoms with Gasteiger partial charge in [-0.05, 0) is 23.8 Å². The molecule has 0 amide bonds. The van der Waals surface area contributed by atoms with Gasteiger partial charge >= 0.3 is 0 Å². The number of aryl methyl sites for hydroxylation is 1. The summed E-state index contributed by atoms with van der Waals surface area (Å²) in [6.45, 7) is 1.96. The smallest absolute Gasteiger partial charge is 0.267 e. The van der Waals surface area contributed by atoms with Crippen molar-refractivity contribution < 1.29 is 0 Å². The topological polar surface area (TPSA) is 47.2 Å². The minimum Gasteiger partial charge on any atom is -0.267 e. The van der Waals surface area contributed by atoms with Gasteiger partial charge < -0.3 is 0 Å². The molecule has 0 saturated carbocycles. The zero-order chi connectivity index (χ0) is 15.5. The minimum atomic E-state index is -0.157. The molecule has 4 nitrogen and oxygen atoms in total. The van der Waals surface area contributed by atoms with Crippen molar-refractivity contribution in [1.82, 2.24) is 9.66 Å². The summed E-state index contributed by atoms with van der Waals surface area (Å²) in [5, 5.41) is 4.88. The number of hydrogen-bond donors (Lipinski definition) is 0. The zero-order valence-corrected chi connectivity index (χ0v) is 13.6. The molecule has 0 N–H and O–H groups in total. The van der Waals surface area contributed by atoms with Crippen LogP contribution >= 0.6 is 15.9 Å². The summed E-state index contributed by atoms with van der Waals surface area (Å²) >= 11 is 3.39. The average molecular weight is 356 g/mol. The molecule has 1 heterocycles. The molecule has 3 aromatic rings. The Bertz CT molecular complexity index is 901. The summed E-state index contributed by atoms with van der Waals surface area (Å²) in [6.07, 6.45) is 2.30. The Kier molecular flexibility index (Phi) is 4.15. The molecule has 0 spiro atoms. The number of halogens is 1. The van der Waals surface area contributed by atoms with Crippen molar-refractivity contribution in [3.05, 3.63) is 74.7 Å². The van der Waals surface area contributed by atoms with Crippen LogP contribution in [0.3, 0.4) is 0 Å². The molecule has 5 heteroatoms. The van der Waals surface area contributed by atoms with Crippen LogP contribution in [0.25, 0.3) is 10.9 Å². The molecule has 0 bridgehead atoms. The van der Waals surface area contributed by atoms with Crippen LogP contribution in [0.15, 0.2) is 62.9 Å². The van der Waals surface area contributed by atoms with E-state index < -0.39 is 0 Å². The molecule has 0 aliphatic rings. The molecule has 22 heavy (non-hydrogen) atoms. The Labute approximate surface area is 136 Å². The molecule has 0 aliphatic carbocycles. The highest BCUT2D eigenvalue weighted by Crippen LogP contribution is 2.16. The molecule has 0 saturated heterocycles.